The van der Waals surface area contributed by atoms with Gasteiger partial charge >= 0.3 is 5.97 Å². The van der Waals surface area contributed by atoms with Crippen LogP contribution >= 0.6 is 15.9 Å². The summed E-state index contributed by atoms with van der Waals surface area (Å²) < 4.78 is 5.97. The van der Waals surface area contributed by atoms with Crippen molar-refractivity contribution in [2.45, 2.75) is 6.54 Å². The number of hydrogen-bond acceptors (Lipinski definition) is 3. The van der Waals surface area contributed by atoms with Gasteiger partial charge in [-0.05, 0) is 40.2 Å². The molecule has 17 heavy (non-hydrogen) atoms. The maximum atomic E-state index is 11.0. The van der Waals surface area contributed by atoms with E-state index >= 15 is 0 Å². The third kappa shape index (κ3) is 2.88. The van der Waals surface area contributed by atoms with E-state index in [-0.39, 0.29) is 5.56 Å². The van der Waals surface area contributed by atoms with Crippen molar-refractivity contribution in [2.75, 3.05) is 5.32 Å². The molecule has 2 rings (SSSR count). The van der Waals surface area contributed by atoms with Gasteiger partial charge in [0.15, 0.2) is 4.67 Å². The molecule has 1 heterocycles. The molecule has 0 saturated heterocycles. The third-order valence-corrected chi connectivity index (χ3v) is 2.67. The fourth-order valence-corrected chi connectivity index (χ4v) is 1.79. The summed E-state index contributed by atoms with van der Waals surface area (Å²) in [5, 5.41) is 12.0. The molecule has 0 unspecified atom stereocenters. The Hall–Kier alpha value is -1.75. The molecule has 0 atom stereocenters. The van der Waals surface area contributed by atoms with Crippen LogP contribution < -0.4 is 5.32 Å². The summed E-state index contributed by atoms with van der Waals surface area (Å²) in [5.41, 5.74) is 0.825. The van der Waals surface area contributed by atoms with Crippen LogP contribution in [0.5, 0.6) is 0 Å². The SMILES string of the molecule is O=C(O)c1ccccc1NCc1ccc(Br)o1. The van der Waals surface area contributed by atoms with Crippen LogP contribution in [0, 0.1) is 0 Å². The highest BCUT2D eigenvalue weighted by molar-refractivity contribution is 9.10. The minimum Gasteiger partial charge on any atom is -0.478 e. The monoisotopic (exact) mass is 295 g/mol. The standard InChI is InChI=1S/C12H10BrNO3/c13-11-6-5-8(17-11)7-14-10-4-2-1-3-9(10)12(15)16/h1-6,14H,7H2,(H,15,16). The lowest BCUT2D eigenvalue weighted by Crippen LogP contribution is -2.05. The van der Waals surface area contributed by atoms with Gasteiger partial charge in [-0.1, -0.05) is 12.1 Å². The lowest BCUT2D eigenvalue weighted by molar-refractivity contribution is 0.0698. The predicted molar refractivity (Wildman–Crippen MR) is 67.1 cm³/mol. The zero-order valence-corrected chi connectivity index (χ0v) is 10.4. The van der Waals surface area contributed by atoms with Gasteiger partial charge in [-0.3, -0.25) is 0 Å². The van der Waals surface area contributed by atoms with E-state index in [4.69, 9.17) is 9.52 Å². The molecule has 0 amide bonds. The second-order valence-electron chi connectivity index (χ2n) is 3.41. The fraction of sp³-hybridized carbons (Fsp3) is 0.0833. The van der Waals surface area contributed by atoms with Crippen LogP contribution in [0.2, 0.25) is 0 Å². The molecule has 0 aliphatic carbocycles. The summed E-state index contributed by atoms with van der Waals surface area (Å²) in [6.07, 6.45) is 0. The van der Waals surface area contributed by atoms with E-state index in [0.717, 1.165) is 5.76 Å². The van der Waals surface area contributed by atoms with Crippen molar-refractivity contribution in [3.05, 3.63) is 52.4 Å². The molecule has 0 fully saturated rings. The second-order valence-corrected chi connectivity index (χ2v) is 4.19. The largest absolute Gasteiger partial charge is 0.478 e. The maximum absolute atomic E-state index is 11.0. The van der Waals surface area contributed by atoms with Gasteiger partial charge in [0.2, 0.25) is 0 Å². The summed E-state index contributed by atoms with van der Waals surface area (Å²) in [6.45, 7) is 0.440. The lowest BCUT2D eigenvalue weighted by Gasteiger charge is -2.07. The normalized spacial score (nSPS) is 10.2. The first kappa shape index (κ1) is 11.7. The molecule has 0 radical (unpaired) electrons. The van der Waals surface area contributed by atoms with Crippen LogP contribution in [0.3, 0.4) is 0 Å². The summed E-state index contributed by atoms with van der Waals surface area (Å²) in [4.78, 5) is 11.0. The molecule has 2 aromatic rings. The molecule has 0 spiro atoms. The Balaban J connectivity index is 2.11. The number of para-hydroxylation sites is 1. The topological polar surface area (TPSA) is 62.5 Å². The van der Waals surface area contributed by atoms with E-state index in [9.17, 15) is 4.79 Å². The minimum absolute atomic E-state index is 0.248. The first-order valence-corrected chi connectivity index (χ1v) is 5.76. The van der Waals surface area contributed by atoms with Gasteiger partial charge in [0.05, 0.1) is 12.1 Å². The molecule has 5 heteroatoms. The van der Waals surface area contributed by atoms with Gasteiger partial charge in [0, 0.05) is 5.69 Å². The number of halogens is 1. The smallest absolute Gasteiger partial charge is 0.337 e. The minimum atomic E-state index is -0.950. The first-order valence-electron chi connectivity index (χ1n) is 4.97. The Kier molecular flexibility index (Phi) is 3.49. The fourth-order valence-electron chi connectivity index (χ4n) is 1.45. The molecular weight excluding hydrogens is 286 g/mol. The maximum Gasteiger partial charge on any atom is 0.337 e. The number of hydrogen-bond donors (Lipinski definition) is 2. The molecule has 4 nitrogen and oxygen atoms in total. The Morgan fingerprint density at radius 3 is 2.71 bits per heavy atom. The van der Waals surface area contributed by atoms with E-state index in [0.29, 0.717) is 16.9 Å². The molecule has 0 saturated carbocycles. The first-order chi connectivity index (χ1) is 8.16. The highest BCUT2D eigenvalue weighted by Gasteiger charge is 2.08. The van der Waals surface area contributed by atoms with Gasteiger partial charge in [0.1, 0.15) is 5.76 Å². The highest BCUT2D eigenvalue weighted by atomic mass is 79.9. The van der Waals surface area contributed by atoms with Gasteiger partial charge in [-0.2, -0.15) is 0 Å². The van der Waals surface area contributed by atoms with Gasteiger partial charge in [-0.25, -0.2) is 4.79 Å². The van der Waals surface area contributed by atoms with Crippen molar-refractivity contribution >= 4 is 27.6 Å². The van der Waals surface area contributed by atoms with Crippen LogP contribution in [-0.2, 0) is 6.54 Å². The van der Waals surface area contributed by atoms with Gasteiger partial charge in [0.25, 0.3) is 0 Å². The number of carboxylic acid groups (broad SMARTS) is 1. The average molecular weight is 296 g/mol. The van der Waals surface area contributed by atoms with Crippen molar-refractivity contribution in [2.24, 2.45) is 0 Å². The number of aromatic carboxylic acids is 1. The van der Waals surface area contributed by atoms with Crippen molar-refractivity contribution < 1.29 is 14.3 Å². The molecule has 0 bridgehead atoms. The number of carbonyl (C=O) groups is 1. The van der Waals surface area contributed by atoms with Crippen LogP contribution in [0.4, 0.5) is 5.69 Å². The number of carboxylic acids is 1. The Labute approximate surface area is 106 Å². The van der Waals surface area contributed by atoms with E-state index < -0.39 is 5.97 Å². The van der Waals surface area contributed by atoms with E-state index in [1.807, 2.05) is 6.07 Å². The van der Waals surface area contributed by atoms with Gasteiger partial charge in [-0.15, -0.1) is 0 Å². The van der Waals surface area contributed by atoms with E-state index in [1.165, 1.54) is 0 Å². The summed E-state index contributed by atoms with van der Waals surface area (Å²) in [6, 6.07) is 10.4. The van der Waals surface area contributed by atoms with Crippen LogP contribution in [0.15, 0.2) is 45.5 Å². The van der Waals surface area contributed by atoms with Crippen molar-refractivity contribution in [3.8, 4) is 0 Å². The summed E-state index contributed by atoms with van der Waals surface area (Å²) in [5.74, 6) is -0.217. The van der Waals surface area contributed by atoms with E-state index in [2.05, 4.69) is 21.2 Å². The average Bonchev–Trinajstić information content (AvgIpc) is 2.73. The van der Waals surface area contributed by atoms with Crippen LogP contribution in [0.1, 0.15) is 16.1 Å². The quantitative estimate of drug-likeness (QED) is 0.908. The third-order valence-electron chi connectivity index (χ3n) is 2.24. The molecule has 0 aliphatic rings. The van der Waals surface area contributed by atoms with Crippen molar-refractivity contribution in [1.82, 2.24) is 0 Å². The zero-order chi connectivity index (χ0) is 12.3. The molecular formula is C12H10BrNO3. The number of nitrogens with one attached hydrogen (secondary N) is 1. The summed E-state index contributed by atoms with van der Waals surface area (Å²) in [7, 11) is 0. The Morgan fingerprint density at radius 1 is 1.29 bits per heavy atom. The number of furan rings is 1. The van der Waals surface area contributed by atoms with Crippen molar-refractivity contribution in [3.63, 3.8) is 0 Å². The summed E-state index contributed by atoms with van der Waals surface area (Å²) >= 11 is 3.21. The molecule has 88 valence electrons. The molecule has 0 aliphatic heterocycles. The second kappa shape index (κ2) is 5.05. The molecule has 2 N–H and O–H groups in total. The Morgan fingerprint density at radius 2 is 2.06 bits per heavy atom. The number of benzene rings is 1. The van der Waals surface area contributed by atoms with E-state index in [1.54, 1.807) is 30.3 Å². The highest BCUT2D eigenvalue weighted by Crippen LogP contribution is 2.18. The van der Waals surface area contributed by atoms with Gasteiger partial charge < -0.3 is 14.8 Å². The van der Waals surface area contributed by atoms with Crippen molar-refractivity contribution in [1.29, 1.82) is 0 Å². The Bertz CT molecular complexity index is 536. The van der Waals surface area contributed by atoms with Crippen LogP contribution in [0.25, 0.3) is 0 Å². The zero-order valence-electron chi connectivity index (χ0n) is 8.81. The molecule has 1 aromatic heterocycles. The van der Waals surface area contributed by atoms with Crippen LogP contribution in [-0.4, -0.2) is 11.1 Å². The number of rotatable bonds is 4. The lowest BCUT2D eigenvalue weighted by atomic mass is 10.2. The number of anilines is 1. The molecule has 1 aromatic carbocycles. The predicted octanol–water partition coefficient (Wildman–Crippen LogP) is 3.35.